The number of hydrogen-bond donors (Lipinski definition) is 1. The Kier molecular flexibility index (Phi) is 7.83. The molecule has 1 aliphatic heterocycles. The van der Waals surface area contributed by atoms with Crippen LogP contribution in [0.2, 0.25) is 0 Å². The van der Waals surface area contributed by atoms with Gasteiger partial charge in [-0.05, 0) is 50.2 Å². The van der Waals surface area contributed by atoms with Crippen molar-refractivity contribution in [3.63, 3.8) is 0 Å². The zero-order chi connectivity index (χ0) is 20.6. The lowest BCUT2D eigenvalue weighted by atomic mass is 10.1. The van der Waals surface area contributed by atoms with E-state index < -0.39 is 0 Å². The highest BCUT2D eigenvalue weighted by Crippen LogP contribution is 2.42. The summed E-state index contributed by atoms with van der Waals surface area (Å²) in [6.45, 7) is 5.58. The Morgan fingerprint density at radius 3 is 2.72 bits per heavy atom. The number of para-hydroxylation sites is 1. The molecule has 2 aromatic rings. The molecule has 1 saturated heterocycles. The molecule has 1 heterocycles. The summed E-state index contributed by atoms with van der Waals surface area (Å²) in [5.74, 6) is 1.59. The second-order valence-electron chi connectivity index (χ2n) is 7.38. The molecule has 1 atom stereocenters. The first kappa shape index (κ1) is 21.5. The van der Waals surface area contributed by atoms with Gasteiger partial charge in [0.25, 0.3) is 0 Å². The predicted molar refractivity (Wildman–Crippen MR) is 121 cm³/mol. The summed E-state index contributed by atoms with van der Waals surface area (Å²) in [7, 11) is 2.12. The van der Waals surface area contributed by atoms with Crippen molar-refractivity contribution in [3.05, 3.63) is 59.7 Å². The van der Waals surface area contributed by atoms with E-state index in [0.717, 1.165) is 42.9 Å². The number of benzene rings is 2. The molecule has 0 aromatic heterocycles. The first-order valence-electron chi connectivity index (χ1n) is 10.2. The molecule has 0 radical (unpaired) electrons. The minimum atomic E-state index is 0.00537. The second-order valence-corrected chi connectivity index (χ2v) is 8.45. The third-order valence-corrected chi connectivity index (χ3v) is 6.49. The lowest BCUT2D eigenvalue weighted by Gasteiger charge is -2.26. The van der Waals surface area contributed by atoms with E-state index in [-0.39, 0.29) is 11.3 Å². The van der Waals surface area contributed by atoms with E-state index in [4.69, 9.17) is 10.5 Å². The third-order valence-electron chi connectivity index (χ3n) is 5.26. The maximum atomic E-state index is 12.6. The topological polar surface area (TPSA) is 58.8 Å². The van der Waals surface area contributed by atoms with Crippen molar-refractivity contribution in [3.8, 4) is 5.75 Å². The van der Waals surface area contributed by atoms with Crippen LogP contribution in [0.3, 0.4) is 0 Å². The number of carbonyl (C=O) groups excluding carboxylic acids is 1. The number of amides is 1. The van der Waals surface area contributed by atoms with Crippen molar-refractivity contribution in [2.24, 2.45) is 0 Å². The molecular formula is C23H31N3O2S. The molecule has 1 unspecified atom stereocenters. The Balaban J connectivity index is 1.64. The number of ether oxygens (including phenoxy) is 1. The number of nitrogens with two attached hydrogens (primary N) is 1. The lowest BCUT2D eigenvalue weighted by molar-refractivity contribution is -0.128. The summed E-state index contributed by atoms with van der Waals surface area (Å²) in [5.41, 5.74) is 8.81. The maximum Gasteiger partial charge on any atom is 0.233 e. The van der Waals surface area contributed by atoms with Gasteiger partial charge in [0.1, 0.15) is 11.1 Å². The number of carbonyl (C=O) groups is 1. The van der Waals surface area contributed by atoms with Crippen molar-refractivity contribution in [2.75, 3.05) is 44.8 Å². The Labute approximate surface area is 178 Å². The molecule has 156 valence electrons. The van der Waals surface area contributed by atoms with Crippen molar-refractivity contribution >= 4 is 23.4 Å². The number of nitrogens with zero attached hydrogens (tertiary/aromatic N) is 2. The zero-order valence-corrected chi connectivity index (χ0v) is 18.2. The van der Waals surface area contributed by atoms with Gasteiger partial charge < -0.3 is 20.3 Å². The van der Waals surface area contributed by atoms with E-state index in [1.807, 2.05) is 47.4 Å². The van der Waals surface area contributed by atoms with Gasteiger partial charge in [0.05, 0.1) is 12.4 Å². The van der Waals surface area contributed by atoms with Crippen LogP contribution in [0.5, 0.6) is 5.75 Å². The van der Waals surface area contributed by atoms with Crippen LogP contribution >= 0.6 is 11.8 Å². The van der Waals surface area contributed by atoms with E-state index in [2.05, 4.69) is 24.9 Å². The highest BCUT2D eigenvalue weighted by molar-refractivity contribution is 8.00. The normalized spacial score (nSPS) is 16.6. The van der Waals surface area contributed by atoms with Crippen molar-refractivity contribution < 1.29 is 9.53 Å². The number of nitrogen functional groups attached to an aromatic ring is 1. The Bertz CT molecular complexity index is 797. The lowest BCUT2D eigenvalue weighted by Crippen LogP contribution is -2.30. The maximum absolute atomic E-state index is 12.6. The van der Waals surface area contributed by atoms with Crippen LogP contribution in [0, 0.1) is 0 Å². The molecular weight excluding hydrogens is 382 g/mol. The molecule has 5 nitrogen and oxygen atoms in total. The molecule has 0 bridgehead atoms. The van der Waals surface area contributed by atoms with E-state index in [9.17, 15) is 4.79 Å². The van der Waals surface area contributed by atoms with E-state index in [0.29, 0.717) is 18.9 Å². The van der Waals surface area contributed by atoms with Crippen LogP contribution in [0.25, 0.3) is 0 Å². The molecule has 0 saturated carbocycles. The fourth-order valence-corrected chi connectivity index (χ4v) is 4.62. The summed E-state index contributed by atoms with van der Waals surface area (Å²) in [4.78, 5) is 16.8. The first-order chi connectivity index (χ1) is 14.1. The molecule has 29 heavy (non-hydrogen) atoms. The number of thioether (sulfide) groups is 1. The second kappa shape index (κ2) is 10.6. The fraction of sp³-hybridized carbons (Fsp3) is 0.435. The average molecular weight is 414 g/mol. The van der Waals surface area contributed by atoms with Gasteiger partial charge in [0, 0.05) is 24.3 Å². The summed E-state index contributed by atoms with van der Waals surface area (Å²) in [5, 5.41) is 0.00537. The van der Waals surface area contributed by atoms with Gasteiger partial charge in [0.15, 0.2) is 0 Å². The number of rotatable bonds is 10. The van der Waals surface area contributed by atoms with E-state index >= 15 is 0 Å². The molecule has 3 rings (SSSR count). The van der Waals surface area contributed by atoms with Crippen LogP contribution < -0.4 is 10.5 Å². The fourth-order valence-electron chi connectivity index (χ4n) is 3.38. The van der Waals surface area contributed by atoms with Gasteiger partial charge in [-0.15, -0.1) is 11.8 Å². The SMILES string of the molecule is CCN(C)CCCOc1ccccc1C1SCC(=O)N1CCc1ccc(N)cc1. The van der Waals surface area contributed by atoms with Crippen LogP contribution in [0.1, 0.15) is 29.8 Å². The van der Waals surface area contributed by atoms with Gasteiger partial charge in [-0.1, -0.05) is 37.3 Å². The molecule has 0 aliphatic carbocycles. The quantitative estimate of drug-likeness (QED) is 0.474. The van der Waals surface area contributed by atoms with E-state index in [1.165, 1.54) is 5.56 Å². The summed E-state index contributed by atoms with van der Waals surface area (Å²) in [6, 6.07) is 16.0. The van der Waals surface area contributed by atoms with Crippen molar-refractivity contribution in [1.82, 2.24) is 9.80 Å². The standard InChI is InChI=1S/C23H31N3O2S/c1-3-25(2)14-6-16-28-21-8-5-4-7-20(21)23-26(22(27)17-29-23)15-13-18-9-11-19(24)12-10-18/h4-5,7-12,23H,3,6,13-17,24H2,1-2H3. The monoisotopic (exact) mass is 413 g/mol. The Morgan fingerprint density at radius 1 is 1.21 bits per heavy atom. The average Bonchev–Trinajstić information content (AvgIpc) is 3.11. The predicted octanol–water partition coefficient (Wildman–Crippen LogP) is 3.81. The largest absolute Gasteiger partial charge is 0.493 e. The molecule has 1 fully saturated rings. The smallest absolute Gasteiger partial charge is 0.233 e. The number of hydrogen-bond acceptors (Lipinski definition) is 5. The molecule has 2 aromatic carbocycles. The molecule has 0 spiro atoms. The van der Waals surface area contributed by atoms with Crippen LogP contribution in [-0.4, -0.2) is 54.7 Å². The molecule has 1 aliphatic rings. The van der Waals surface area contributed by atoms with Crippen LogP contribution in [-0.2, 0) is 11.2 Å². The Morgan fingerprint density at radius 2 is 1.97 bits per heavy atom. The van der Waals surface area contributed by atoms with Gasteiger partial charge in [-0.3, -0.25) is 4.79 Å². The molecule has 2 N–H and O–H groups in total. The van der Waals surface area contributed by atoms with Crippen LogP contribution in [0.4, 0.5) is 5.69 Å². The van der Waals surface area contributed by atoms with E-state index in [1.54, 1.807) is 11.8 Å². The highest BCUT2D eigenvalue weighted by Gasteiger charge is 2.34. The van der Waals surface area contributed by atoms with Crippen molar-refractivity contribution in [1.29, 1.82) is 0 Å². The molecule has 6 heteroatoms. The summed E-state index contributed by atoms with van der Waals surface area (Å²) < 4.78 is 6.11. The zero-order valence-electron chi connectivity index (χ0n) is 17.3. The van der Waals surface area contributed by atoms with Gasteiger partial charge >= 0.3 is 0 Å². The minimum Gasteiger partial charge on any atom is -0.493 e. The number of anilines is 1. The third kappa shape index (κ3) is 5.90. The summed E-state index contributed by atoms with van der Waals surface area (Å²) in [6.07, 6.45) is 1.80. The van der Waals surface area contributed by atoms with Gasteiger partial charge in [-0.25, -0.2) is 0 Å². The van der Waals surface area contributed by atoms with Gasteiger partial charge in [-0.2, -0.15) is 0 Å². The molecule has 1 amide bonds. The van der Waals surface area contributed by atoms with Crippen LogP contribution in [0.15, 0.2) is 48.5 Å². The minimum absolute atomic E-state index is 0.00537. The van der Waals surface area contributed by atoms with Gasteiger partial charge in [0.2, 0.25) is 5.91 Å². The highest BCUT2D eigenvalue weighted by atomic mass is 32.2. The summed E-state index contributed by atoms with van der Waals surface area (Å²) >= 11 is 1.68. The first-order valence-corrected chi connectivity index (χ1v) is 11.3. The van der Waals surface area contributed by atoms with Crippen molar-refractivity contribution in [2.45, 2.75) is 25.1 Å². The Hall–Kier alpha value is -2.18.